The zero-order chi connectivity index (χ0) is 13.6. The van der Waals surface area contributed by atoms with Gasteiger partial charge in [0, 0.05) is 6.04 Å². The number of nitrogens with two attached hydrogens (primary N) is 1. The van der Waals surface area contributed by atoms with Gasteiger partial charge in [0.1, 0.15) is 6.54 Å². The van der Waals surface area contributed by atoms with Crippen LogP contribution in [-0.4, -0.2) is 58.3 Å². The third-order valence-corrected chi connectivity index (χ3v) is 1.99. The van der Waals surface area contributed by atoms with Crippen LogP contribution in [0.25, 0.3) is 0 Å². The lowest BCUT2D eigenvalue weighted by molar-refractivity contribution is -0.140. The maximum atomic E-state index is 11.6. The summed E-state index contributed by atoms with van der Waals surface area (Å²) in [5, 5.41) is 19.5. The van der Waals surface area contributed by atoms with Gasteiger partial charge in [0.05, 0.1) is 6.61 Å². The number of carboxylic acid groups (broad SMARTS) is 1. The number of amides is 3. The van der Waals surface area contributed by atoms with E-state index < -0.39 is 30.6 Å². The maximum absolute atomic E-state index is 11.6. The van der Waals surface area contributed by atoms with Crippen molar-refractivity contribution in [1.82, 2.24) is 10.2 Å². The molecule has 0 bridgehead atoms. The summed E-state index contributed by atoms with van der Waals surface area (Å²) in [6.45, 7) is 2.25. The number of urea groups is 1. The van der Waals surface area contributed by atoms with Crippen molar-refractivity contribution in [1.29, 1.82) is 0 Å². The van der Waals surface area contributed by atoms with Crippen LogP contribution in [0.15, 0.2) is 0 Å². The molecule has 5 N–H and O–H groups in total. The summed E-state index contributed by atoms with van der Waals surface area (Å²) >= 11 is 0. The summed E-state index contributed by atoms with van der Waals surface area (Å²) in [4.78, 5) is 34.0. The molecule has 0 saturated heterocycles. The first-order valence-electron chi connectivity index (χ1n) is 4.98. The molecular formula is C9H17N3O5. The topological polar surface area (TPSA) is 133 Å². The predicted octanol–water partition coefficient (Wildman–Crippen LogP) is -1.66. The summed E-state index contributed by atoms with van der Waals surface area (Å²) < 4.78 is 0. The van der Waals surface area contributed by atoms with Crippen LogP contribution in [0.3, 0.4) is 0 Å². The number of aliphatic hydroxyl groups is 1. The van der Waals surface area contributed by atoms with Crippen molar-refractivity contribution in [3.05, 3.63) is 0 Å². The predicted molar refractivity (Wildman–Crippen MR) is 58.1 cm³/mol. The minimum absolute atomic E-state index is 0.318. The molecule has 0 heterocycles. The largest absolute Gasteiger partial charge is 0.480 e. The molecule has 0 aliphatic carbocycles. The standard InChI is InChI=1S/C9H17N3O5/c1-5(2)12(3-7(10)14)9(17)11-6(4-13)8(15)16/h5-6,13H,3-4H2,1-2H3,(H2,10,14)(H,11,17)(H,15,16)/t6-/m1/s1. The van der Waals surface area contributed by atoms with E-state index in [1.165, 1.54) is 0 Å². The van der Waals surface area contributed by atoms with Crippen molar-refractivity contribution < 1.29 is 24.6 Å². The Kier molecular flexibility index (Phi) is 5.97. The number of carbonyl (C=O) groups is 3. The number of hydrogen-bond acceptors (Lipinski definition) is 4. The van der Waals surface area contributed by atoms with Gasteiger partial charge in [-0.3, -0.25) is 4.79 Å². The Morgan fingerprint density at radius 2 is 1.88 bits per heavy atom. The van der Waals surface area contributed by atoms with Crippen molar-refractivity contribution in [2.45, 2.75) is 25.9 Å². The number of carbonyl (C=O) groups excluding carboxylic acids is 2. The number of aliphatic hydroxyl groups excluding tert-OH is 1. The lowest BCUT2D eigenvalue weighted by Crippen LogP contribution is -2.53. The molecule has 0 rings (SSSR count). The molecule has 98 valence electrons. The first-order chi connectivity index (χ1) is 7.79. The minimum atomic E-state index is -1.41. The Balaban J connectivity index is 4.62. The fraction of sp³-hybridized carbons (Fsp3) is 0.667. The van der Waals surface area contributed by atoms with Gasteiger partial charge in [-0.25, -0.2) is 9.59 Å². The molecule has 0 fully saturated rings. The quantitative estimate of drug-likeness (QED) is 0.445. The molecule has 8 heteroatoms. The highest BCUT2D eigenvalue weighted by Crippen LogP contribution is 1.99. The number of nitrogens with zero attached hydrogens (tertiary/aromatic N) is 1. The molecule has 0 aromatic heterocycles. The first kappa shape index (κ1) is 15.2. The van der Waals surface area contributed by atoms with Crippen molar-refractivity contribution in [3.8, 4) is 0 Å². The second kappa shape index (κ2) is 6.69. The first-order valence-corrected chi connectivity index (χ1v) is 4.98. The molecular weight excluding hydrogens is 230 g/mol. The summed E-state index contributed by atoms with van der Waals surface area (Å²) in [5.74, 6) is -2.06. The van der Waals surface area contributed by atoms with E-state index in [1.54, 1.807) is 13.8 Å². The highest BCUT2D eigenvalue weighted by molar-refractivity contribution is 5.86. The van der Waals surface area contributed by atoms with Crippen LogP contribution in [0.1, 0.15) is 13.8 Å². The number of nitrogens with one attached hydrogen (secondary N) is 1. The van der Waals surface area contributed by atoms with Crippen LogP contribution < -0.4 is 11.1 Å². The van der Waals surface area contributed by atoms with Gasteiger partial charge in [-0.15, -0.1) is 0 Å². The van der Waals surface area contributed by atoms with Crippen LogP contribution in [0, 0.1) is 0 Å². The third-order valence-electron chi connectivity index (χ3n) is 1.99. The van der Waals surface area contributed by atoms with Crippen LogP contribution >= 0.6 is 0 Å². The second-order valence-corrected chi connectivity index (χ2v) is 3.71. The molecule has 0 radical (unpaired) electrons. The van der Waals surface area contributed by atoms with Gasteiger partial charge >= 0.3 is 12.0 Å². The Bertz CT molecular complexity index is 305. The molecule has 0 aliphatic heterocycles. The summed E-state index contributed by atoms with van der Waals surface area (Å²) in [7, 11) is 0. The van der Waals surface area contributed by atoms with Crippen molar-refractivity contribution in [2.24, 2.45) is 5.73 Å². The average Bonchev–Trinajstić information content (AvgIpc) is 2.20. The second-order valence-electron chi connectivity index (χ2n) is 3.71. The maximum Gasteiger partial charge on any atom is 0.328 e. The van der Waals surface area contributed by atoms with Crippen molar-refractivity contribution >= 4 is 17.9 Å². The van der Waals surface area contributed by atoms with E-state index in [4.69, 9.17) is 15.9 Å². The molecule has 0 aromatic rings. The van der Waals surface area contributed by atoms with Gasteiger partial charge in [-0.2, -0.15) is 0 Å². The highest BCUT2D eigenvalue weighted by Gasteiger charge is 2.24. The van der Waals surface area contributed by atoms with Gasteiger partial charge < -0.3 is 26.2 Å². The number of primary amides is 1. The fourth-order valence-electron chi connectivity index (χ4n) is 1.07. The van der Waals surface area contributed by atoms with E-state index in [2.05, 4.69) is 5.32 Å². The van der Waals surface area contributed by atoms with Crippen molar-refractivity contribution in [2.75, 3.05) is 13.2 Å². The van der Waals surface area contributed by atoms with E-state index in [1.807, 2.05) is 0 Å². The number of hydrogen-bond donors (Lipinski definition) is 4. The molecule has 3 amide bonds. The van der Waals surface area contributed by atoms with E-state index in [9.17, 15) is 14.4 Å². The summed E-state index contributed by atoms with van der Waals surface area (Å²) in [6, 6.07) is -2.49. The Hall–Kier alpha value is -1.83. The SMILES string of the molecule is CC(C)N(CC(N)=O)C(=O)N[C@H](CO)C(=O)O. The fourth-order valence-corrected chi connectivity index (χ4v) is 1.07. The van der Waals surface area contributed by atoms with E-state index in [0.29, 0.717) is 0 Å². The van der Waals surface area contributed by atoms with Gasteiger partial charge in [-0.1, -0.05) is 0 Å². The van der Waals surface area contributed by atoms with E-state index in [0.717, 1.165) is 4.90 Å². The number of carboxylic acids is 1. The Morgan fingerprint density at radius 1 is 1.35 bits per heavy atom. The molecule has 0 aliphatic rings. The van der Waals surface area contributed by atoms with E-state index >= 15 is 0 Å². The molecule has 0 unspecified atom stereocenters. The summed E-state index contributed by atoms with van der Waals surface area (Å²) in [5.41, 5.74) is 4.97. The van der Waals surface area contributed by atoms with Crippen LogP contribution in [0.5, 0.6) is 0 Å². The van der Waals surface area contributed by atoms with Gasteiger partial charge in [0.2, 0.25) is 5.91 Å². The van der Waals surface area contributed by atoms with Gasteiger partial charge in [0.25, 0.3) is 0 Å². The number of rotatable bonds is 6. The van der Waals surface area contributed by atoms with E-state index in [-0.39, 0.29) is 12.6 Å². The molecule has 0 aromatic carbocycles. The van der Waals surface area contributed by atoms with Crippen LogP contribution in [-0.2, 0) is 9.59 Å². The van der Waals surface area contributed by atoms with Gasteiger partial charge in [-0.05, 0) is 13.8 Å². The molecule has 0 saturated carbocycles. The third kappa shape index (κ3) is 5.16. The zero-order valence-electron chi connectivity index (χ0n) is 9.71. The smallest absolute Gasteiger partial charge is 0.328 e. The zero-order valence-corrected chi connectivity index (χ0v) is 9.71. The summed E-state index contributed by atoms with van der Waals surface area (Å²) in [6.07, 6.45) is 0. The van der Waals surface area contributed by atoms with Gasteiger partial charge in [0.15, 0.2) is 6.04 Å². The average molecular weight is 247 g/mol. The Morgan fingerprint density at radius 3 is 2.18 bits per heavy atom. The monoisotopic (exact) mass is 247 g/mol. The lowest BCUT2D eigenvalue weighted by atomic mass is 10.3. The molecule has 1 atom stereocenters. The van der Waals surface area contributed by atoms with Crippen LogP contribution in [0.4, 0.5) is 4.79 Å². The Labute approximate surface area is 98.4 Å². The van der Waals surface area contributed by atoms with Crippen LogP contribution in [0.2, 0.25) is 0 Å². The lowest BCUT2D eigenvalue weighted by Gasteiger charge is -2.26. The molecule has 8 nitrogen and oxygen atoms in total. The molecule has 17 heavy (non-hydrogen) atoms. The van der Waals surface area contributed by atoms with Crippen molar-refractivity contribution in [3.63, 3.8) is 0 Å². The molecule has 0 spiro atoms. The highest BCUT2D eigenvalue weighted by atomic mass is 16.4. The minimum Gasteiger partial charge on any atom is -0.480 e. The number of aliphatic carboxylic acids is 1. The normalized spacial score (nSPS) is 12.0.